The molecule has 1 aromatic carbocycles. The van der Waals surface area contributed by atoms with Gasteiger partial charge in [-0.2, -0.15) is 0 Å². The van der Waals surface area contributed by atoms with Crippen molar-refractivity contribution < 1.29 is 9.53 Å². The lowest BCUT2D eigenvalue weighted by atomic mass is 10.2. The number of carbonyl (C=O) groups excluding carboxylic acids is 1. The van der Waals surface area contributed by atoms with E-state index in [-0.39, 0.29) is 5.97 Å². The smallest absolute Gasteiger partial charge is 0.307 e. The van der Waals surface area contributed by atoms with Crippen LogP contribution in [0.15, 0.2) is 41.8 Å². The molecule has 2 aromatic rings. The van der Waals surface area contributed by atoms with Crippen molar-refractivity contribution in [1.29, 1.82) is 0 Å². The Kier molecular flexibility index (Phi) is 5.62. The third kappa shape index (κ3) is 5.05. The van der Waals surface area contributed by atoms with E-state index in [4.69, 9.17) is 4.74 Å². The van der Waals surface area contributed by atoms with Gasteiger partial charge in [0.05, 0.1) is 13.0 Å². The summed E-state index contributed by atoms with van der Waals surface area (Å²) >= 11 is 1.69. The first-order valence-corrected chi connectivity index (χ1v) is 7.60. The van der Waals surface area contributed by atoms with E-state index < -0.39 is 0 Å². The Morgan fingerprint density at radius 2 is 2.05 bits per heavy atom. The topological polar surface area (TPSA) is 38.3 Å². The van der Waals surface area contributed by atoms with Gasteiger partial charge in [0.25, 0.3) is 0 Å². The van der Waals surface area contributed by atoms with E-state index in [1.54, 1.807) is 11.3 Å². The number of hydrogen-bond acceptors (Lipinski definition) is 4. The fraction of sp³-hybridized carbons (Fsp3) is 0.312. The van der Waals surface area contributed by atoms with Gasteiger partial charge in [0, 0.05) is 23.5 Å². The first kappa shape index (κ1) is 14.6. The van der Waals surface area contributed by atoms with Gasteiger partial charge < -0.3 is 10.1 Å². The summed E-state index contributed by atoms with van der Waals surface area (Å²) in [5.41, 5.74) is 2.26. The zero-order valence-electron chi connectivity index (χ0n) is 11.6. The van der Waals surface area contributed by atoms with Crippen LogP contribution in [-0.2, 0) is 16.0 Å². The van der Waals surface area contributed by atoms with Gasteiger partial charge in [-0.25, -0.2) is 0 Å². The van der Waals surface area contributed by atoms with Gasteiger partial charge in [-0.15, -0.1) is 11.3 Å². The summed E-state index contributed by atoms with van der Waals surface area (Å²) in [7, 11) is 0. The SMILES string of the molecule is Cc1ccc(NCCC(=O)OCCc2cccs2)cc1. The van der Waals surface area contributed by atoms with E-state index in [1.165, 1.54) is 10.4 Å². The summed E-state index contributed by atoms with van der Waals surface area (Å²) < 4.78 is 5.20. The van der Waals surface area contributed by atoms with E-state index >= 15 is 0 Å². The Morgan fingerprint density at radius 1 is 1.25 bits per heavy atom. The molecule has 3 nitrogen and oxygen atoms in total. The van der Waals surface area contributed by atoms with Crippen LogP contribution in [-0.4, -0.2) is 19.1 Å². The third-order valence-corrected chi connectivity index (χ3v) is 3.84. The molecule has 0 amide bonds. The zero-order valence-corrected chi connectivity index (χ0v) is 12.4. The normalized spacial score (nSPS) is 10.2. The summed E-state index contributed by atoms with van der Waals surface area (Å²) in [4.78, 5) is 12.8. The van der Waals surface area contributed by atoms with E-state index in [9.17, 15) is 4.79 Å². The molecule has 4 heteroatoms. The predicted molar refractivity (Wildman–Crippen MR) is 83.3 cm³/mol. The molecule has 1 N–H and O–H groups in total. The second-order valence-corrected chi connectivity index (χ2v) is 5.62. The maximum Gasteiger partial charge on any atom is 0.307 e. The van der Waals surface area contributed by atoms with Crippen molar-refractivity contribution in [3.8, 4) is 0 Å². The Balaban J connectivity index is 1.59. The first-order chi connectivity index (χ1) is 9.74. The van der Waals surface area contributed by atoms with Crippen molar-refractivity contribution in [3.63, 3.8) is 0 Å². The van der Waals surface area contributed by atoms with Crippen molar-refractivity contribution in [1.82, 2.24) is 0 Å². The van der Waals surface area contributed by atoms with Crippen molar-refractivity contribution in [2.24, 2.45) is 0 Å². The largest absolute Gasteiger partial charge is 0.465 e. The summed E-state index contributed by atoms with van der Waals surface area (Å²) in [6.07, 6.45) is 1.19. The highest BCUT2D eigenvalue weighted by atomic mass is 32.1. The number of nitrogens with one attached hydrogen (secondary N) is 1. The maximum atomic E-state index is 11.6. The Bertz CT molecular complexity index is 520. The lowest BCUT2D eigenvalue weighted by Gasteiger charge is -2.07. The number of hydrogen-bond donors (Lipinski definition) is 1. The van der Waals surface area contributed by atoms with Crippen LogP contribution < -0.4 is 5.32 Å². The molecule has 0 spiro atoms. The molecule has 1 heterocycles. The van der Waals surface area contributed by atoms with Gasteiger partial charge in [-0.1, -0.05) is 23.8 Å². The molecule has 0 aliphatic carbocycles. The van der Waals surface area contributed by atoms with Crippen molar-refractivity contribution in [2.45, 2.75) is 19.8 Å². The minimum Gasteiger partial charge on any atom is -0.465 e. The third-order valence-electron chi connectivity index (χ3n) is 2.90. The molecule has 0 saturated carbocycles. The molecule has 0 aliphatic heterocycles. The quantitative estimate of drug-likeness (QED) is 0.791. The lowest BCUT2D eigenvalue weighted by molar-refractivity contribution is -0.143. The number of aryl methyl sites for hydroxylation is 1. The van der Waals surface area contributed by atoms with Gasteiger partial charge in [-0.3, -0.25) is 4.79 Å². The average Bonchev–Trinajstić information content (AvgIpc) is 2.94. The monoisotopic (exact) mass is 289 g/mol. The van der Waals surface area contributed by atoms with E-state index in [0.717, 1.165) is 12.1 Å². The van der Waals surface area contributed by atoms with E-state index in [0.29, 0.717) is 19.6 Å². The summed E-state index contributed by atoms with van der Waals surface area (Å²) in [5.74, 6) is -0.152. The van der Waals surface area contributed by atoms with Crippen LogP contribution in [0.1, 0.15) is 16.9 Å². The van der Waals surface area contributed by atoms with Crippen molar-refractivity contribution >= 4 is 23.0 Å². The second-order valence-electron chi connectivity index (χ2n) is 4.59. The van der Waals surface area contributed by atoms with Crippen LogP contribution in [0.4, 0.5) is 5.69 Å². The van der Waals surface area contributed by atoms with E-state index in [1.807, 2.05) is 35.7 Å². The highest BCUT2D eigenvalue weighted by Crippen LogP contribution is 2.10. The average molecular weight is 289 g/mol. The van der Waals surface area contributed by atoms with Crippen LogP contribution in [0.25, 0.3) is 0 Å². The van der Waals surface area contributed by atoms with Gasteiger partial charge >= 0.3 is 5.97 Å². The Labute approximate surface area is 123 Å². The predicted octanol–water partition coefficient (Wildman–Crippen LogP) is 3.64. The fourth-order valence-electron chi connectivity index (χ4n) is 1.77. The Hall–Kier alpha value is -1.81. The molecular formula is C16H19NO2S. The van der Waals surface area contributed by atoms with Crippen LogP contribution >= 0.6 is 11.3 Å². The van der Waals surface area contributed by atoms with Gasteiger partial charge in [0.2, 0.25) is 0 Å². The number of anilines is 1. The van der Waals surface area contributed by atoms with Crippen LogP contribution in [0.5, 0.6) is 0 Å². The molecule has 0 radical (unpaired) electrons. The minimum atomic E-state index is -0.152. The standard InChI is InChI=1S/C16H19NO2S/c1-13-4-6-14(7-5-13)17-10-8-16(18)19-11-9-15-3-2-12-20-15/h2-7,12,17H,8-11H2,1H3. The molecule has 1 aromatic heterocycles. The van der Waals surface area contributed by atoms with Gasteiger partial charge in [0.1, 0.15) is 0 Å². The van der Waals surface area contributed by atoms with Crippen LogP contribution in [0.2, 0.25) is 0 Å². The maximum absolute atomic E-state index is 11.6. The molecule has 0 aliphatic rings. The fourth-order valence-corrected chi connectivity index (χ4v) is 2.46. The lowest BCUT2D eigenvalue weighted by Crippen LogP contribution is -2.12. The highest BCUT2D eigenvalue weighted by Gasteiger charge is 2.03. The van der Waals surface area contributed by atoms with E-state index in [2.05, 4.69) is 18.3 Å². The van der Waals surface area contributed by atoms with Crippen LogP contribution in [0, 0.1) is 6.92 Å². The van der Waals surface area contributed by atoms with Gasteiger partial charge in [0.15, 0.2) is 0 Å². The highest BCUT2D eigenvalue weighted by molar-refractivity contribution is 7.09. The molecule has 0 bridgehead atoms. The Morgan fingerprint density at radius 3 is 2.75 bits per heavy atom. The number of benzene rings is 1. The number of thiophene rings is 1. The van der Waals surface area contributed by atoms with Crippen molar-refractivity contribution in [3.05, 3.63) is 52.2 Å². The number of esters is 1. The minimum absolute atomic E-state index is 0.152. The number of ether oxygens (including phenoxy) is 1. The summed E-state index contributed by atoms with van der Waals surface area (Å²) in [6, 6.07) is 12.2. The summed E-state index contributed by atoms with van der Waals surface area (Å²) in [6.45, 7) is 3.11. The number of rotatable bonds is 7. The zero-order chi connectivity index (χ0) is 14.2. The molecular weight excluding hydrogens is 270 g/mol. The number of carbonyl (C=O) groups is 1. The molecule has 0 atom stereocenters. The molecule has 2 rings (SSSR count). The van der Waals surface area contributed by atoms with Crippen molar-refractivity contribution in [2.75, 3.05) is 18.5 Å². The first-order valence-electron chi connectivity index (χ1n) is 6.72. The summed E-state index contributed by atoms with van der Waals surface area (Å²) in [5, 5.41) is 5.24. The van der Waals surface area contributed by atoms with Gasteiger partial charge in [-0.05, 0) is 30.5 Å². The molecule has 0 fully saturated rings. The molecule has 106 valence electrons. The second kappa shape index (κ2) is 7.70. The molecule has 0 unspecified atom stereocenters. The molecule has 0 saturated heterocycles. The molecule has 20 heavy (non-hydrogen) atoms. The van der Waals surface area contributed by atoms with Crippen LogP contribution in [0.3, 0.4) is 0 Å².